The SMILES string of the molecule is O=C(C1c2ccccc2CCN1C(=O)C1CC1)N1CCN(c2ccccc2)CC1. The molecule has 1 unspecified atom stereocenters. The topological polar surface area (TPSA) is 43.9 Å². The second kappa shape index (κ2) is 7.54. The molecule has 1 atom stereocenters. The number of rotatable bonds is 3. The number of amides is 2. The van der Waals surface area contributed by atoms with Crippen molar-refractivity contribution in [3.05, 3.63) is 65.7 Å². The number of hydrogen-bond donors (Lipinski definition) is 0. The number of carbonyl (C=O) groups is 2. The number of para-hydroxylation sites is 1. The quantitative estimate of drug-likeness (QED) is 0.811. The third-order valence-electron chi connectivity index (χ3n) is 6.44. The average molecular weight is 389 g/mol. The van der Waals surface area contributed by atoms with Crippen LogP contribution in [0.1, 0.15) is 30.0 Å². The fourth-order valence-electron chi connectivity index (χ4n) is 4.63. The predicted molar refractivity (Wildman–Crippen MR) is 113 cm³/mol. The molecule has 2 aliphatic heterocycles. The summed E-state index contributed by atoms with van der Waals surface area (Å²) in [5.74, 6) is 0.380. The normalized spacial score (nSPS) is 21.7. The fourth-order valence-corrected chi connectivity index (χ4v) is 4.63. The Kier molecular flexibility index (Phi) is 4.74. The molecule has 150 valence electrons. The number of hydrogen-bond acceptors (Lipinski definition) is 3. The van der Waals surface area contributed by atoms with Gasteiger partial charge >= 0.3 is 0 Å². The van der Waals surface area contributed by atoms with Crippen LogP contribution in [0.4, 0.5) is 5.69 Å². The van der Waals surface area contributed by atoms with Gasteiger partial charge in [0.25, 0.3) is 0 Å². The highest BCUT2D eigenvalue weighted by molar-refractivity contribution is 5.91. The van der Waals surface area contributed by atoms with E-state index in [-0.39, 0.29) is 17.7 Å². The van der Waals surface area contributed by atoms with Crippen LogP contribution >= 0.6 is 0 Å². The monoisotopic (exact) mass is 389 g/mol. The van der Waals surface area contributed by atoms with Gasteiger partial charge < -0.3 is 14.7 Å². The molecule has 5 rings (SSSR count). The molecule has 1 saturated carbocycles. The molecule has 1 saturated heterocycles. The first-order valence-electron chi connectivity index (χ1n) is 10.7. The second-order valence-electron chi connectivity index (χ2n) is 8.31. The summed E-state index contributed by atoms with van der Waals surface area (Å²) in [5, 5.41) is 0. The number of anilines is 1. The number of carbonyl (C=O) groups excluding carboxylic acids is 2. The maximum atomic E-state index is 13.6. The van der Waals surface area contributed by atoms with Gasteiger partial charge in [-0.15, -0.1) is 0 Å². The van der Waals surface area contributed by atoms with Crippen LogP contribution in [0, 0.1) is 5.92 Å². The van der Waals surface area contributed by atoms with Crippen LogP contribution in [-0.4, -0.2) is 54.3 Å². The number of piperazine rings is 1. The number of benzene rings is 2. The van der Waals surface area contributed by atoms with Crippen molar-refractivity contribution in [3.8, 4) is 0 Å². The van der Waals surface area contributed by atoms with E-state index in [0.29, 0.717) is 19.6 Å². The van der Waals surface area contributed by atoms with E-state index in [2.05, 4.69) is 23.1 Å². The highest BCUT2D eigenvalue weighted by atomic mass is 16.2. The van der Waals surface area contributed by atoms with Crippen molar-refractivity contribution in [2.75, 3.05) is 37.6 Å². The Bertz CT molecular complexity index is 901. The van der Waals surface area contributed by atoms with E-state index in [1.165, 1.54) is 11.3 Å². The minimum absolute atomic E-state index is 0.0823. The van der Waals surface area contributed by atoms with E-state index < -0.39 is 6.04 Å². The molecule has 0 bridgehead atoms. The smallest absolute Gasteiger partial charge is 0.250 e. The Morgan fingerprint density at radius 1 is 0.759 bits per heavy atom. The standard InChI is InChI=1S/C24H27N3O2/c28-23(19-10-11-19)27-13-12-18-6-4-5-9-21(18)22(27)24(29)26-16-14-25(15-17-26)20-7-2-1-3-8-20/h1-9,19,22H,10-17H2. The molecule has 0 spiro atoms. The summed E-state index contributed by atoms with van der Waals surface area (Å²) in [4.78, 5) is 32.7. The van der Waals surface area contributed by atoms with Gasteiger partial charge in [0.15, 0.2) is 0 Å². The van der Waals surface area contributed by atoms with Crippen molar-refractivity contribution < 1.29 is 9.59 Å². The second-order valence-corrected chi connectivity index (χ2v) is 8.31. The van der Waals surface area contributed by atoms with Crippen LogP contribution < -0.4 is 4.90 Å². The van der Waals surface area contributed by atoms with Crippen molar-refractivity contribution >= 4 is 17.5 Å². The van der Waals surface area contributed by atoms with Crippen molar-refractivity contribution in [3.63, 3.8) is 0 Å². The lowest BCUT2D eigenvalue weighted by molar-refractivity contribution is -0.147. The van der Waals surface area contributed by atoms with Gasteiger partial charge in [0, 0.05) is 44.3 Å². The van der Waals surface area contributed by atoms with Gasteiger partial charge in [-0.05, 0) is 42.5 Å². The predicted octanol–water partition coefficient (Wildman–Crippen LogP) is 2.87. The Labute approximate surface area is 171 Å². The van der Waals surface area contributed by atoms with Crippen LogP contribution in [0.3, 0.4) is 0 Å². The summed E-state index contributed by atoms with van der Waals surface area (Å²) < 4.78 is 0. The maximum absolute atomic E-state index is 13.6. The molecular weight excluding hydrogens is 362 g/mol. The van der Waals surface area contributed by atoms with Crippen LogP contribution in [0.15, 0.2) is 54.6 Å². The first-order chi connectivity index (χ1) is 14.2. The molecule has 5 heteroatoms. The van der Waals surface area contributed by atoms with Crippen LogP contribution in [-0.2, 0) is 16.0 Å². The minimum atomic E-state index is -0.462. The van der Waals surface area contributed by atoms with Crippen molar-refractivity contribution in [1.29, 1.82) is 0 Å². The van der Waals surface area contributed by atoms with Gasteiger partial charge in [-0.2, -0.15) is 0 Å². The maximum Gasteiger partial charge on any atom is 0.250 e. The Balaban J connectivity index is 1.36. The Hall–Kier alpha value is -2.82. The summed E-state index contributed by atoms with van der Waals surface area (Å²) in [6.45, 7) is 3.67. The molecule has 3 aliphatic rings. The van der Waals surface area contributed by atoms with E-state index in [4.69, 9.17) is 0 Å². The van der Waals surface area contributed by atoms with Gasteiger partial charge in [0.05, 0.1) is 0 Å². The lowest BCUT2D eigenvalue weighted by Gasteiger charge is -2.42. The highest BCUT2D eigenvalue weighted by Crippen LogP contribution is 2.38. The van der Waals surface area contributed by atoms with Crippen LogP contribution in [0.25, 0.3) is 0 Å². The Morgan fingerprint density at radius 2 is 1.45 bits per heavy atom. The molecule has 2 amide bonds. The molecule has 2 heterocycles. The lowest BCUT2D eigenvalue weighted by Crippen LogP contribution is -2.54. The molecule has 2 aromatic carbocycles. The molecule has 0 aromatic heterocycles. The molecular formula is C24H27N3O2. The molecule has 5 nitrogen and oxygen atoms in total. The molecule has 0 N–H and O–H groups in total. The lowest BCUT2D eigenvalue weighted by atomic mass is 9.91. The van der Waals surface area contributed by atoms with E-state index >= 15 is 0 Å². The molecule has 2 aromatic rings. The van der Waals surface area contributed by atoms with Gasteiger partial charge in [-0.3, -0.25) is 9.59 Å². The summed E-state index contributed by atoms with van der Waals surface area (Å²) in [7, 11) is 0. The third kappa shape index (κ3) is 3.50. The fraction of sp³-hybridized carbons (Fsp3) is 0.417. The largest absolute Gasteiger partial charge is 0.368 e. The molecule has 0 radical (unpaired) electrons. The first kappa shape index (κ1) is 18.2. The summed E-state index contributed by atoms with van der Waals surface area (Å²) in [5.41, 5.74) is 3.42. The zero-order valence-corrected chi connectivity index (χ0v) is 16.7. The summed E-state index contributed by atoms with van der Waals surface area (Å²) in [6.07, 6.45) is 2.77. The zero-order valence-electron chi connectivity index (χ0n) is 16.7. The van der Waals surface area contributed by atoms with Crippen molar-refractivity contribution in [2.24, 2.45) is 5.92 Å². The van der Waals surface area contributed by atoms with Gasteiger partial charge in [-0.25, -0.2) is 0 Å². The molecule has 2 fully saturated rings. The summed E-state index contributed by atoms with van der Waals surface area (Å²) in [6, 6.07) is 18.0. The van der Waals surface area contributed by atoms with Crippen LogP contribution in [0.2, 0.25) is 0 Å². The number of fused-ring (bicyclic) bond motifs is 1. The van der Waals surface area contributed by atoms with Gasteiger partial charge in [0.2, 0.25) is 11.8 Å². The van der Waals surface area contributed by atoms with E-state index in [1.807, 2.05) is 46.2 Å². The zero-order chi connectivity index (χ0) is 19.8. The highest BCUT2D eigenvalue weighted by Gasteiger charge is 2.43. The van der Waals surface area contributed by atoms with E-state index in [0.717, 1.165) is 37.9 Å². The number of nitrogens with zero attached hydrogens (tertiary/aromatic N) is 3. The van der Waals surface area contributed by atoms with Gasteiger partial charge in [-0.1, -0.05) is 42.5 Å². The van der Waals surface area contributed by atoms with E-state index in [9.17, 15) is 9.59 Å². The van der Waals surface area contributed by atoms with E-state index in [1.54, 1.807) is 0 Å². The van der Waals surface area contributed by atoms with Crippen LogP contribution in [0.5, 0.6) is 0 Å². The Morgan fingerprint density at radius 3 is 2.17 bits per heavy atom. The molecule has 29 heavy (non-hydrogen) atoms. The summed E-state index contributed by atoms with van der Waals surface area (Å²) >= 11 is 0. The van der Waals surface area contributed by atoms with Gasteiger partial charge in [0.1, 0.15) is 6.04 Å². The molecule has 1 aliphatic carbocycles. The third-order valence-corrected chi connectivity index (χ3v) is 6.44. The first-order valence-corrected chi connectivity index (χ1v) is 10.7. The van der Waals surface area contributed by atoms with Crippen molar-refractivity contribution in [2.45, 2.75) is 25.3 Å². The minimum Gasteiger partial charge on any atom is -0.368 e. The average Bonchev–Trinajstić information content (AvgIpc) is 3.64. The van der Waals surface area contributed by atoms with Crippen molar-refractivity contribution in [1.82, 2.24) is 9.80 Å².